The van der Waals surface area contributed by atoms with Crippen molar-refractivity contribution >= 4 is 24.4 Å². The van der Waals surface area contributed by atoms with Crippen molar-refractivity contribution in [1.29, 1.82) is 0 Å². The monoisotopic (exact) mass is 241 g/mol. The van der Waals surface area contributed by atoms with Gasteiger partial charge in [-0.25, -0.2) is 0 Å². The Kier molecular flexibility index (Phi) is 2.81. The third-order valence-corrected chi connectivity index (χ3v) is 4.32. The summed E-state index contributed by atoms with van der Waals surface area (Å²) in [7, 11) is 0. The molecule has 90 valence electrons. The molecule has 2 fully saturated rings. The second-order valence-corrected chi connectivity index (χ2v) is 6.37. The minimum Gasteiger partial charge on any atom is -0.282 e. The van der Waals surface area contributed by atoms with E-state index in [1.165, 1.54) is 4.90 Å². The lowest BCUT2D eigenvalue weighted by molar-refractivity contribution is -0.153. The molecule has 0 radical (unpaired) electrons. The lowest BCUT2D eigenvalue weighted by atomic mass is 9.81. The van der Waals surface area contributed by atoms with Crippen LogP contribution in [0.2, 0.25) is 0 Å². The zero-order chi connectivity index (χ0) is 12.0. The fourth-order valence-electron chi connectivity index (χ4n) is 2.27. The standard InChI is InChI=1S/C12H19NO2S/c1-11(2)5-9(14)13(10(15)6-11)7-12(8-16)3-4-12/h16H,3-8H2,1-2H3. The first-order valence-electron chi connectivity index (χ1n) is 5.82. The number of thiol groups is 1. The summed E-state index contributed by atoms with van der Waals surface area (Å²) in [4.78, 5) is 25.3. The highest BCUT2D eigenvalue weighted by Crippen LogP contribution is 2.48. The van der Waals surface area contributed by atoms with Gasteiger partial charge in [0.15, 0.2) is 0 Å². The molecule has 0 aromatic rings. The molecule has 1 saturated carbocycles. The Morgan fingerprint density at radius 3 is 2.06 bits per heavy atom. The van der Waals surface area contributed by atoms with Gasteiger partial charge >= 0.3 is 0 Å². The largest absolute Gasteiger partial charge is 0.282 e. The van der Waals surface area contributed by atoms with E-state index in [1.807, 2.05) is 13.8 Å². The highest BCUT2D eigenvalue weighted by molar-refractivity contribution is 7.80. The summed E-state index contributed by atoms with van der Waals surface area (Å²) in [6.07, 6.45) is 3.16. The Labute approximate surface area is 102 Å². The molecule has 1 saturated heterocycles. The van der Waals surface area contributed by atoms with Crippen LogP contribution in [-0.4, -0.2) is 29.0 Å². The van der Waals surface area contributed by atoms with Crippen molar-refractivity contribution in [2.24, 2.45) is 10.8 Å². The van der Waals surface area contributed by atoms with Gasteiger partial charge in [0.1, 0.15) is 0 Å². The van der Waals surface area contributed by atoms with Gasteiger partial charge in [0.25, 0.3) is 0 Å². The van der Waals surface area contributed by atoms with E-state index in [0.29, 0.717) is 19.4 Å². The van der Waals surface area contributed by atoms with Gasteiger partial charge in [-0.15, -0.1) is 0 Å². The molecule has 0 N–H and O–H groups in total. The molecule has 0 aromatic heterocycles. The van der Waals surface area contributed by atoms with Crippen molar-refractivity contribution in [3.63, 3.8) is 0 Å². The third-order valence-electron chi connectivity index (χ3n) is 3.65. The van der Waals surface area contributed by atoms with Crippen LogP contribution < -0.4 is 0 Å². The Morgan fingerprint density at radius 2 is 1.69 bits per heavy atom. The van der Waals surface area contributed by atoms with Crippen molar-refractivity contribution in [3.05, 3.63) is 0 Å². The minimum atomic E-state index is -0.164. The summed E-state index contributed by atoms with van der Waals surface area (Å²) >= 11 is 4.31. The van der Waals surface area contributed by atoms with Crippen molar-refractivity contribution in [2.75, 3.05) is 12.3 Å². The van der Waals surface area contributed by atoms with Crippen LogP contribution in [0.15, 0.2) is 0 Å². The van der Waals surface area contributed by atoms with Crippen LogP contribution >= 0.6 is 12.6 Å². The highest BCUT2D eigenvalue weighted by Gasteiger charge is 2.47. The maximum atomic E-state index is 11.9. The summed E-state index contributed by atoms with van der Waals surface area (Å²) in [6.45, 7) is 4.54. The zero-order valence-corrected chi connectivity index (χ0v) is 10.8. The Morgan fingerprint density at radius 1 is 1.19 bits per heavy atom. The smallest absolute Gasteiger partial charge is 0.229 e. The Balaban J connectivity index is 2.05. The molecular weight excluding hydrogens is 222 g/mol. The van der Waals surface area contributed by atoms with E-state index < -0.39 is 0 Å². The maximum absolute atomic E-state index is 11.9. The second-order valence-electron chi connectivity index (χ2n) is 6.05. The average Bonchev–Trinajstić information content (AvgIpc) is 2.91. The molecule has 0 bridgehead atoms. The van der Waals surface area contributed by atoms with Crippen LogP contribution in [-0.2, 0) is 9.59 Å². The number of hydrogen-bond acceptors (Lipinski definition) is 3. The van der Waals surface area contributed by atoms with E-state index in [-0.39, 0.29) is 22.6 Å². The fourth-order valence-corrected chi connectivity index (χ4v) is 2.68. The zero-order valence-electron chi connectivity index (χ0n) is 9.95. The van der Waals surface area contributed by atoms with Crippen LogP contribution in [0, 0.1) is 10.8 Å². The van der Waals surface area contributed by atoms with E-state index in [1.54, 1.807) is 0 Å². The van der Waals surface area contributed by atoms with Crippen LogP contribution in [0.3, 0.4) is 0 Å². The summed E-state index contributed by atoms with van der Waals surface area (Å²) in [5.41, 5.74) is -0.0295. The van der Waals surface area contributed by atoms with Crippen molar-refractivity contribution in [1.82, 2.24) is 4.90 Å². The van der Waals surface area contributed by atoms with Crippen molar-refractivity contribution in [2.45, 2.75) is 39.5 Å². The van der Waals surface area contributed by atoms with Crippen LogP contribution in [0.25, 0.3) is 0 Å². The molecule has 1 heterocycles. The molecule has 3 nitrogen and oxygen atoms in total. The first kappa shape index (κ1) is 12.0. The number of amides is 2. The molecule has 2 aliphatic rings. The number of piperidine rings is 1. The molecule has 1 aliphatic carbocycles. The number of nitrogens with zero attached hydrogens (tertiary/aromatic N) is 1. The molecule has 0 unspecified atom stereocenters. The van der Waals surface area contributed by atoms with Crippen LogP contribution in [0.1, 0.15) is 39.5 Å². The van der Waals surface area contributed by atoms with E-state index in [4.69, 9.17) is 0 Å². The molecule has 4 heteroatoms. The average molecular weight is 241 g/mol. The van der Waals surface area contributed by atoms with Gasteiger partial charge < -0.3 is 0 Å². The van der Waals surface area contributed by atoms with Gasteiger partial charge in [-0.05, 0) is 29.4 Å². The predicted octanol–water partition coefficient (Wildman–Crippen LogP) is 1.87. The third kappa shape index (κ3) is 2.26. The van der Waals surface area contributed by atoms with E-state index in [0.717, 1.165) is 18.6 Å². The van der Waals surface area contributed by atoms with Crippen LogP contribution in [0.5, 0.6) is 0 Å². The molecule has 2 amide bonds. The summed E-state index contributed by atoms with van der Waals surface area (Å²) in [5.74, 6) is 0.761. The molecule has 1 aliphatic heterocycles. The first-order chi connectivity index (χ1) is 7.37. The number of rotatable bonds is 3. The molecule has 0 aromatic carbocycles. The van der Waals surface area contributed by atoms with Gasteiger partial charge in [0.05, 0.1) is 0 Å². The number of carbonyl (C=O) groups is 2. The normalized spacial score (nSPS) is 27.1. The Hall–Kier alpha value is -0.510. The minimum absolute atomic E-state index is 0.00527. The fraction of sp³-hybridized carbons (Fsp3) is 0.833. The number of imide groups is 1. The second kappa shape index (κ2) is 3.76. The van der Waals surface area contributed by atoms with Crippen LogP contribution in [0.4, 0.5) is 0 Å². The molecule has 0 atom stereocenters. The van der Waals surface area contributed by atoms with E-state index in [2.05, 4.69) is 12.6 Å². The highest BCUT2D eigenvalue weighted by atomic mass is 32.1. The Bertz CT molecular complexity index is 314. The molecule has 2 rings (SSSR count). The lowest BCUT2D eigenvalue weighted by Gasteiger charge is -2.36. The van der Waals surface area contributed by atoms with E-state index in [9.17, 15) is 9.59 Å². The molecule has 16 heavy (non-hydrogen) atoms. The first-order valence-corrected chi connectivity index (χ1v) is 6.45. The van der Waals surface area contributed by atoms with Gasteiger partial charge in [0.2, 0.25) is 11.8 Å². The number of hydrogen-bond donors (Lipinski definition) is 1. The SMILES string of the molecule is CC1(C)CC(=O)N(CC2(CS)CC2)C(=O)C1. The summed E-state index contributed by atoms with van der Waals surface area (Å²) in [5, 5.41) is 0. The topological polar surface area (TPSA) is 37.4 Å². The van der Waals surface area contributed by atoms with Gasteiger partial charge in [-0.3, -0.25) is 14.5 Å². The van der Waals surface area contributed by atoms with Gasteiger partial charge in [-0.2, -0.15) is 12.6 Å². The predicted molar refractivity (Wildman–Crippen MR) is 65.3 cm³/mol. The summed E-state index contributed by atoms with van der Waals surface area (Å²) < 4.78 is 0. The maximum Gasteiger partial charge on any atom is 0.229 e. The van der Waals surface area contributed by atoms with Crippen molar-refractivity contribution in [3.8, 4) is 0 Å². The summed E-state index contributed by atoms with van der Waals surface area (Å²) in [6, 6.07) is 0. The van der Waals surface area contributed by atoms with E-state index >= 15 is 0 Å². The van der Waals surface area contributed by atoms with Gasteiger partial charge in [0, 0.05) is 19.4 Å². The number of likely N-dealkylation sites (tertiary alicyclic amines) is 1. The van der Waals surface area contributed by atoms with Gasteiger partial charge in [-0.1, -0.05) is 13.8 Å². The quantitative estimate of drug-likeness (QED) is 0.605. The molecular formula is C12H19NO2S. The molecule has 0 spiro atoms. The van der Waals surface area contributed by atoms with Crippen molar-refractivity contribution < 1.29 is 9.59 Å². The number of carbonyl (C=O) groups excluding carboxylic acids is 2. The lowest BCUT2D eigenvalue weighted by Crippen LogP contribution is -2.48.